The first-order valence-electron chi connectivity index (χ1n) is 10.2. The number of ketones is 1. The topological polar surface area (TPSA) is 116 Å². The lowest BCUT2D eigenvalue weighted by Crippen LogP contribution is -2.22. The molecule has 0 spiro atoms. The van der Waals surface area contributed by atoms with Gasteiger partial charge in [0.25, 0.3) is 0 Å². The van der Waals surface area contributed by atoms with Crippen LogP contribution in [0.2, 0.25) is 0 Å². The number of hydrogen-bond donors (Lipinski definition) is 0. The van der Waals surface area contributed by atoms with Gasteiger partial charge in [0.2, 0.25) is 0 Å². The van der Waals surface area contributed by atoms with E-state index in [4.69, 9.17) is 32.7 Å². The van der Waals surface area contributed by atoms with E-state index in [0.29, 0.717) is 5.75 Å². The summed E-state index contributed by atoms with van der Waals surface area (Å²) in [4.78, 5) is 25.2. The van der Waals surface area contributed by atoms with Crippen LogP contribution >= 0.6 is 7.60 Å². The van der Waals surface area contributed by atoms with Gasteiger partial charge in [-0.15, -0.1) is 0 Å². The molecule has 1 aromatic carbocycles. The monoisotopic (exact) mass is 476 g/mol. The van der Waals surface area contributed by atoms with Crippen LogP contribution < -0.4 is 9.47 Å². The molecular weight excluding hydrogens is 443 g/mol. The van der Waals surface area contributed by atoms with Crippen molar-refractivity contribution < 1.29 is 46.9 Å². The van der Waals surface area contributed by atoms with Gasteiger partial charge >= 0.3 is 13.6 Å². The molecule has 0 aliphatic rings. The molecule has 1 aromatic rings. The van der Waals surface area contributed by atoms with Crippen molar-refractivity contribution in [3.05, 3.63) is 23.3 Å². The van der Waals surface area contributed by atoms with Gasteiger partial charge in [-0.3, -0.25) is 14.2 Å². The van der Waals surface area contributed by atoms with Gasteiger partial charge < -0.3 is 32.7 Å². The average molecular weight is 476 g/mol. The molecule has 182 valence electrons. The third-order valence-corrected chi connectivity index (χ3v) is 6.08. The highest BCUT2D eigenvalue weighted by Crippen LogP contribution is 2.47. The summed E-state index contributed by atoms with van der Waals surface area (Å²) in [5.41, 5.74) is 0.989. The molecule has 0 aromatic heterocycles. The number of methoxy groups -OCH3 is 2. The van der Waals surface area contributed by atoms with E-state index in [-0.39, 0.29) is 50.5 Å². The van der Waals surface area contributed by atoms with Crippen LogP contribution in [-0.2, 0) is 32.6 Å². The predicted octanol–water partition coefficient (Wildman–Crippen LogP) is 3.59. The quantitative estimate of drug-likeness (QED) is 0.152. The maximum absolute atomic E-state index is 13.1. The first-order chi connectivity index (χ1) is 15.2. The van der Waals surface area contributed by atoms with Crippen molar-refractivity contribution in [3.8, 4) is 11.5 Å². The second-order valence-electron chi connectivity index (χ2n) is 6.74. The molecular formula is C21H33O10P. The second-order valence-corrected chi connectivity index (χ2v) is 8.80. The number of hydrogen-bond acceptors (Lipinski definition) is 10. The molecule has 0 amide bonds. The SMILES string of the molecule is CCOP(=O)(CC(=O)OC[C@@H](C)C(=O)c1ccc(C)c(OCOC)c1OCOC)OCC. The third-order valence-electron chi connectivity index (χ3n) is 4.13. The summed E-state index contributed by atoms with van der Waals surface area (Å²) in [6.45, 7) is 6.61. The van der Waals surface area contributed by atoms with Gasteiger partial charge in [-0.05, 0) is 32.4 Å². The van der Waals surface area contributed by atoms with Crippen molar-refractivity contribution in [3.63, 3.8) is 0 Å². The fourth-order valence-corrected chi connectivity index (χ4v) is 4.15. The fraction of sp³-hybridized carbons (Fsp3) is 0.619. The first-order valence-corrected chi connectivity index (χ1v) is 11.9. The molecule has 0 fully saturated rings. The highest BCUT2D eigenvalue weighted by atomic mass is 31.2. The molecule has 11 heteroatoms. The lowest BCUT2D eigenvalue weighted by molar-refractivity contribution is -0.141. The van der Waals surface area contributed by atoms with Crippen molar-refractivity contribution in [2.75, 3.05) is 53.8 Å². The number of rotatable bonds is 16. The van der Waals surface area contributed by atoms with E-state index in [0.717, 1.165) is 5.56 Å². The fourth-order valence-electron chi connectivity index (χ4n) is 2.70. The highest BCUT2D eigenvalue weighted by Gasteiger charge is 2.30. The molecule has 0 saturated heterocycles. The van der Waals surface area contributed by atoms with Crippen molar-refractivity contribution in [2.24, 2.45) is 5.92 Å². The van der Waals surface area contributed by atoms with Crippen molar-refractivity contribution in [1.29, 1.82) is 0 Å². The Morgan fingerprint density at radius 3 is 2.06 bits per heavy atom. The molecule has 0 heterocycles. The molecule has 32 heavy (non-hydrogen) atoms. The van der Waals surface area contributed by atoms with Gasteiger partial charge in [0.15, 0.2) is 30.9 Å². The number of carbonyl (C=O) groups is 2. The van der Waals surface area contributed by atoms with Crippen molar-refractivity contribution in [2.45, 2.75) is 27.7 Å². The van der Waals surface area contributed by atoms with Gasteiger partial charge in [-0.25, -0.2) is 0 Å². The van der Waals surface area contributed by atoms with E-state index in [1.165, 1.54) is 14.2 Å². The highest BCUT2D eigenvalue weighted by molar-refractivity contribution is 7.54. The Morgan fingerprint density at radius 2 is 1.53 bits per heavy atom. The Morgan fingerprint density at radius 1 is 0.969 bits per heavy atom. The molecule has 0 N–H and O–H groups in total. The normalized spacial score (nSPS) is 12.3. The molecule has 0 aliphatic carbocycles. The Hall–Kier alpha value is -1.97. The summed E-state index contributed by atoms with van der Waals surface area (Å²) in [7, 11) is -0.647. The Bertz CT molecular complexity index is 785. The number of esters is 1. The smallest absolute Gasteiger partial charge is 0.341 e. The van der Waals surface area contributed by atoms with E-state index in [1.807, 2.05) is 0 Å². The minimum absolute atomic E-state index is 0.0330. The Labute approximate surface area is 188 Å². The predicted molar refractivity (Wildman–Crippen MR) is 116 cm³/mol. The molecule has 10 nitrogen and oxygen atoms in total. The van der Waals surface area contributed by atoms with Gasteiger partial charge in [-0.1, -0.05) is 13.0 Å². The molecule has 0 saturated carbocycles. The number of benzene rings is 1. The van der Waals surface area contributed by atoms with E-state index in [2.05, 4.69) is 0 Å². The summed E-state index contributed by atoms with van der Waals surface area (Å²) in [6.07, 6.45) is -0.530. The molecule has 1 rings (SSSR count). The van der Waals surface area contributed by atoms with E-state index in [1.54, 1.807) is 39.8 Å². The molecule has 1 atom stereocenters. The number of ether oxygens (including phenoxy) is 5. The van der Waals surface area contributed by atoms with Crippen molar-refractivity contribution >= 4 is 19.3 Å². The summed E-state index contributed by atoms with van der Waals surface area (Å²) in [5.74, 6) is -1.25. The Kier molecular flexibility index (Phi) is 12.5. The third kappa shape index (κ3) is 8.52. The number of Topliss-reactive ketones (excluding diaryl/α,β-unsaturated/α-hetero) is 1. The zero-order valence-electron chi connectivity index (χ0n) is 19.5. The lowest BCUT2D eigenvalue weighted by atomic mass is 9.97. The van der Waals surface area contributed by atoms with Crippen LogP contribution in [0.3, 0.4) is 0 Å². The van der Waals surface area contributed by atoms with Crippen LogP contribution in [0.25, 0.3) is 0 Å². The molecule has 0 radical (unpaired) electrons. The molecule has 0 unspecified atom stereocenters. The standard InChI is InChI=1S/C21H33O10P/c1-7-30-32(24,31-8-2)12-18(22)27-11-16(4)19(23)17-10-9-15(3)20(28-13-25-5)21(17)29-14-26-6/h9-10,16H,7-8,11-14H2,1-6H3/t16-/m1/s1. The zero-order chi connectivity index (χ0) is 24.1. The van der Waals surface area contributed by atoms with E-state index in [9.17, 15) is 14.2 Å². The Balaban J connectivity index is 2.94. The van der Waals surface area contributed by atoms with Crippen LogP contribution in [0.5, 0.6) is 11.5 Å². The maximum Gasteiger partial charge on any atom is 0.341 e. The summed E-state index contributed by atoms with van der Waals surface area (Å²) in [5, 5.41) is 0. The zero-order valence-corrected chi connectivity index (χ0v) is 20.4. The summed E-state index contributed by atoms with van der Waals surface area (Å²) in [6, 6.07) is 3.33. The first kappa shape index (κ1) is 28.1. The maximum atomic E-state index is 13.1. The summed E-state index contributed by atoms with van der Waals surface area (Å²) < 4.78 is 48.9. The van der Waals surface area contributed by atoms with Crippen LogP contribution in [0, 0.1) is 12.8 Å². The molecule has 0 bridgehead atoms. The largest absolute Gasteiger partial charge is 0.464 e. The van der Waals surface area contributed by atoms with Gasteiger partial charge in [0.1, 0.15) is 12.8 Å². The van der Waals surface area contributed by atoms with Crippen LogP contribution in [0.4, 0.5) is 0 Å². The van der Waals surface area contributed by atoms with Gasteiger partial charge in [0, 0.05) is 14.2 Å². The van der Waals surface area contributed by atoms with Crippen molar-refractivity contribution in [1.82, 2.24) is 0 Å². The van der Waals surface area contributed by atoms with Gasteiger partial charge in [-0.2, -0.15) is 0 Å². The van der Waals surface area contributed by atoms with Gasteiger partial charge in [0.05, 0.1) is 24.7 Å². The number of aryl methyl sites for hydroxylation is 1. The molecule has 0 aliphatic heterocycles. The van der Waals surface area contributed by atoms with Crippen LogP contribution in [0.1, 0.15) is 36.7 Å². The number of carbonyl (C=O) groups excluding carboxylic acids is 2. The summed E-state index contributed by atoms with van der Waals surface area (Å²) >= 11 is 0. The second kappa shape index (κ2) is 14.2. The lowest BCUT2D eigenvalue weighted by Gasteiger charge is -2.19. The van der Waals surface area contributed by atoms with E-state index >= 15 is 0 Å². The minimum Gasteiger partial charge on any atom is -0.464 e. The van der Waals surface area contributed by atoms with Crippen LogP contribution in [-0.4, -0.2) is 65.5 Å². The average Bonchev–Trinajstić information content (AvgIpc) is 2.75. The minimum atomic E-state index is -3.58. The van der Waals surface area contributed by atoms with Crippen LogP contribution in [0.15, 0.2) is 12.1 Å². The van der Waals surface area contributed by atoms with E-state index < -0.39 is 25.6 Å².